The molecular formula is C19H27NO5. The Labute approximate surface area is 148 Å². The first-order valence-electron chi connectivity index (χ1n) is 8.59. The van der Waals surface area contributed by atoms with Crippen molar-refractivity contribution in [3.05, 3.63) is 29.8 Å². The van der Waals surface area contributed by atoms with Gasteiger partial charge in [0.25, 0.3) is 0 Å². The van der Waals surface area contributed by atoms with Crippen LogP contribution in [0.5, 0.6) is 5.75 Å². The van der Waals surface area contributed by atoms with E-state index in [9.17, 15) is 14.7 Å². The summed E-state index contributed by atoms with van der Waals surface area (Å²) in [5.41, 5.74) is 0.0918. The molecule has 1 heterocycles. The lowest BCUT2D eigenvalue weighted by Gasteiger charge is -2.29. The Kier molecular flexibility index (Phi) is 6.42. The van der Waals surface area contributed by atoms with Crippen molar-refractivity contribution in [3.63, 3.8) is 0 Å². The van der Waals surface area contributed by atoms with Crippen LogP contribution in [0, 0.1) is 11.8 Å². The van der Waals surface area contributed by atoms with Crippen LogP contribution in [0.2, 0.25) is 0 Å². The highest BCUT2D eigenvalue weighted by Gasteiger charge is 2.33. The van der Waals surface area contributed by atoms with E-state index in [2.05, 4.69) is 5.32 Å². The molecule has 1 aromatic carbocycles. The second-order valence-corrected chi connectivity index (χ2v) is 6.96. The largest absolute Gasteiger partial charge is 0.497 e. The molecule has 2 N–H and O–H groups in total. The van der Waals surface area contributed by atoms with E-state index in [1.807, 2.05) is 38.1 Å². The van der Waals surface area contributed by atoms with Crippen molar-refractivity contribution < 1.29 is 24.2 Å². The predicted octanol–water partition coefficient (Wildman–Crippen LogP) is 2.22. The molecule has 1 fully saturated rings. The van der Waals surface area contributed by atoms with Crippen molar-refractivity contribution in [2.24, 2.45) is 11.8 Å². The molecule has 1 amide bonds. The lowest BCUT2D eigenvalue weighted by Crippen LogP contribution is -2.45. The molecule has 0 spiro atoms. The SMILES string of the molecule is COc1ccc(C(C)(C)C(=O)NCC(C(=O)O)C2CCOCC2)cc1. The molecule has 1 aromatic rings. The number of carbonyl (C=O) groups excluding carboxylic acids is 1. The van der Waals surface area contributed by atoms with Crippen molar-refractivity contribution in [3.8, 4) is 5.75 Å². The molecule has 1 aliphatic heterocycles. The number of hydrogen-bond acceptors (Lipinski definition) is 4. The molecule has 6 heteroatoms. The maximum atomic E-state index is 12.7. The first kappa shape index (κ1) is 19.2. The lowest BCUT2D eigenvalue weighted by molar-refractivity contribution is -0.145. The minimum Gasteiger partial charge on any atom is -0.497 e. The van der Waals surface area contributed by atoms with Crippen LogP contribution in [0.25, 0.3) is 0 Å². The summed E-state index contributed by atoms with van der Waals surface area (Å²) in [5, 5.41) is 12.3. The molecule has 0 radical (unpaired) electrons. The number of carboxylic acids is 1. The summed E-state index contributed by atoms with van der Waals surface area (Å²) in [4.78, 5) is 24.3. The monoisotopic (exact) mass is 349 g/mol. The fraction of sp³-hybridized carbons (Fsp3) is 0.579. The van der Waals surface area contributed by atoms with Crippen molar-refractivity contribution in [1.82, 2.24) is 5.32 Å². The molecule has 1 unspecified atom stereocenters. The van der Waals surface area contributed by atoms with E-state index in [0.29, 0.717) is 26.1 Å². The summed E-state index contributed by atoms with van der Waals surface area (Å²) >= 11 is 0. The highest BCUT2D eigenvalue weighted by Crippen LogP contribution is 2.27. The Bertz CT molecular complexity index is 590. The number of methoxy groups -OCH3 is 1. The van der Waals surface area contributed by atoms with Crippen LogP contribution in [-0.2, 0) is 19.7 Å². The van der Waals surface area contributed by atoms with Gasteiger partial charge in [0.15, 0.2) is 0 Å². The number of amides is 1. The second-order valence-electron chi connectivity index (χ2n) is 6.96. The van der Waals surface area contributed by atoms with Gasteiger partial charge in [0.1, 0.15) is 5.75 Å². The fourth-order valence-electron chi connectivity index (χ4n) is 3.14. The zero-order valence-electron chi connectivity index (χ0n) is 15.1. The number of aliphatic carboxylic acids is 1. The van der Waals surface area contributed by atoms with Gasteiger partial charge in [-0.2, -0.15) is 0 Å². The molecule has 2 rings (SSSR count). The van der Waals surface area contributed by atoms with E-state index in [0.717, 1.165) is 11.3 Å². The third-order valence-corrected chi connectivity index (χ3v) is 5.01. The van der Waals surface area contributed by atoms with E-state index in [1.54, 1.807) is 7.11 Å². The van der Waals surface area contributed by atoms with Gasteiger partial charge in [-0.25, -0.2) is 0 Å². The maximum Gasteiger partial charge on any atom is 0.308 e. The van der Waals surface area contributed by atoms with E-state index in [1.165, 1.54) is 0 Å². The first-order valence-corrected chi connectivity index (χ1v) is 8.59. The average molecular weight is 349 g/mol. The van der Waals surface area contributed by atoms with Crippen LogP contribution in [0.1, 0.15) is 32.3 Å². The first-order chi connectivity index (χ1) is 11.9. The van der Waals surface area contributed by atoms with Crippen LogP contribution >= 0.6 is 0 Å². The van der Waals surface area contributed by atoms with Crippen molar-refractivity contribution in [2.75, 3.05) is 26.9 Å². The molecule has 25 heavy (non-hydrogen) atoms. The molecule has 1 saturated heterocycles. The Hall–Kier alpha value is -2.08. The Morgan fingerprint density at radius 2 is 1.88 bits per heavy atom. The average Bonchev–Trinajstić information content (AvgIpc) is 2.62. The molecule has 138 valence electrons. The Balaban J connectivity index is 2.01. The van der Waals surface area contributed by atoms with Crippen molar-refractivity contribution >= 4 is 11.9 Å². The number of hydrogen-bond donors (Lipinski definition) is 2. The Morgan fingerprint density at radius 1 is 1.28 bits per heavy atom. The van der Waals surface area contributed by atoms with Gasteiger partial charge in [-0.05, 0) is 50.3 Å². The fourth-order valence-corrected chi connectivity index (χ4v) is 3.14. The number of ether oxygens (including phenoxy) is 2. The molecule has 0 aliphatic carbocycles. The summed E-state index contributed by atoms with van der Waals surface area (Å²) in [6, 6.07) is 7.33. The molecule has 1 atom stereocenters. The van der Waals surface area contributed by atoms with E-state index < -0.39 is 17.3 Å². The number of carbonyl (C=O) groups is 2. The number of rotatable bonds is 7. The van der Waals surface area contributed by atoms with E-state index in [4.69, 9.17) is 9.47 Å². The number of nitrogens with one attached hydrogen (secondary N) is 1. The summed E-state index contributed by atoms with van der Waals surface area (Å²) in [6.45, 7) is 4.96. The highest BCUT2D eigenvalue weighted by molar-refractivity contribution is 5.87. The normalized spacial score (nSPS) is 16.9. The van der Waals surface area contributed by atoms with Gasteiger partial charge in [-0.15, -0.1) is 0 Å². The van der Waals surface area contributed by atoms with Crippen molar-refractivity contribution in [2.45, 2.75) is 32.1 Å². The third kappa shape index (κ3) is 4.72. The number of benzene rings is 1. The Morgan fingerprint density at radius 3 is 2.40 bits per heavy atom. The topological polar surface area (TPSA) is 84.9 Å². The smallest absolute Gasteiger partial charge is 0.308 e. The minimum atomic E-state index is -0.866. The van der Waals surface area contributed by atoms with Gasteiger partial charge in [-0.1, -0.05) is 12.1 Å². The van der Waals surface area contributed by atoms with Crippen LogP contribution in [0.3, 0.4) is 0 Å². The van der Waals surface area contributed by atoms with Gasteiger partial charge < -0.3 is 19.9 Å². The van der Waals surface area contributed by atoms with E-state index in [-0.39, 0.29) is 18.4 Å². The summed E-state index contributed by atoms with van der Waals surface area (Å²) in [6.07, 6.45) is 1.43. The van der Waals surface area contributed by atoms with Crippen molar-refractivity contribution in [1.29, 1.82) is 0 Å². The number of carboxylic acid groups (broad SMARTS) is 1. The molecule has 0 saturated carbocycles. The molecule has 0 aromatic heterocycles. The predicted molar refractivity (Wildman–Crippen MR) is 93.7 cm³/mol. The molecule has 1 aliphatic rings. The molecule has 6 nitrogen and oxygen atoms in total. The third-order valence-electron chi connectivity index (χ3n) is 5.01. The van der Waals surface area contributed by atoms with Gasteiger partial charge in [-0.3, -0.25) is 9.59 Å². The summed E-state index contributed by atoms with van der Waals surface area (Å²) in [7, 11) is 1.59. The van der Waals surface area contributed by atoms with Crippen LogP contribution in [0.15, 0.2) is 24.3 Å². The van der Waals surface area contributed by atoms with Gasteiger partial charge in [0.05, 0.1) is 18.4 Å². The standard InChI is InChI=1S/C19H27NO5/c1-19(2,14-4-6-15(24-3)7-5-14)18(23)20-12-16(17(21)22)13-8-10-25-11-9-13/h4-7,13,16H,8-12H2,1-3H3,(H,20,23)(H,21,22). The van der Waals surface area contributed by atoms with Crippen LogP contribution < -0.4 is 10.1 Å². The van der Waals surface area contributed by atoms with Gasteiger partial charge >= 0.3 is 5.97 Å². The minimum absolute atomic E-state index is 0.0376. The molecule has 0 bridgehead atoms. The maximum absolute atomic E-state index is 12.7. The van der Waals surface area contributed by atoms with E-state index >= 15 is 0 Å². The second kappa shape index (κ2) is 8.34. The molecular weight excluding hydrogens is 322 g/mol. The van der Waals surface area contributed by atoms with Crippen LogP contribution in [0.4, 0.5) is 0 Å². The van der Waals surface area contributed by atoms with Crippen LogP contribution in [-0.4, -0.2) is 43.9 Å². The zero-order chi connectivity index (χ0) is 18.4. The zero-order valence-corrected chi connectivity index (χ0v) is 15.1. The summed E-state index contributed by atoms with van der Waals surface area (Å²) < 4.78 is 10.4. The quantitative estimate of drug-likeness (QED) is 0.788. The summed E-state index contributed by atoms with van der Waals surface area (Å²) in [5.74, 6) is -0.869. The van der Waals surface area contributed by atoms with Gasteiger partial charge in [0.2, 0.25) is 5.91 Å². The lowest BCUT2D eigenvalue weighted by atomic mass is 9.82. The highest BCUT2D eigenvalue weighted by atomic mass is 16.5. The van der Waals surface area contributed by atoms with Gasteiger partial charge in [0, 0.05) is 19.8 Å².